The van der Waals surface area contributed by atoms with Crippen LogP contribution in [0.5, 0.6) is 5.75 Å². The minimum atomic E-state index is -4.80. The molecule has 2 N–H and O–H groups in total. The molecule has 0 saturated heterocycles. The summed E-state index contributed by atoms with van der Waals surface area (Å²) in [6, 6.07) is 10.1. The zero-order valence-electron chi connectivity index (χ0n) is 18.6. The number of carbonyl (C=O) groups excluding carboxylic acids is 2. The Morgan fingerprint density at radius 3 is 2.25 bits per heavy atom. The van der Waals surface area contributed by atoms with E-state index in [2.05, 4.69) is 25.6 Å². The Labute approximate surface area is 211 Å². The zero-order chi connectivity index (χ0) is 26.5. The van der Waals surface area contributed by atoms with Crippen LogP contribution in [0.1, 0.15) is 10.4 Å². The molecule has 0 bridgehead atoms. The van der Waals surface area contributed by atoms with Crippen molar-refractivity contribution in [2.24, 2.45) is 0 Å². The van der Waals surface area contributed by atoms with Gasteiger partial charge in [0.15, 0.2) is 4.34 Å². The number of rotatable bonds is 9. The maximum absolute atomic E-state index is 12.4. The van der Waals surface area contributed by atoms with Crippen LogP contribution in [-0.4, -0.2) is 60.9 Å². The normalized spacial score (nSPS) is 11.8. The Morgan fingerprint density at radius 1 is 1.03 bits per heavy atom. The molecule has 0 aliphatic heterocycles. The number of ether oxygens (including phenoxy) is 1. The van der Waals surface area contributed by atoms with Gasteiger partial charge < -0.3 is 10.1 Å². The zero-order valence-corrected chi connectivity index (χ0v) is 21.0. The molecule has 0 fully saturated rings. The summed E-state index contributed by atoms with van der Waals surface area (Å²) in [5.41, 5.74) is 0.493. The molecule has 3 rings (SSSR count). The van der Waals surface area contributed by atoms with Crippen LogP contribution in [-0.2, 0) is 14.8 Å². The number of halogens is 3. The lowest BCUT2D eigenvalue weighted by Crippen LogP contribution is -2.22. The molecule has 2 amide bonds. The Balaban J connectivity index is 1.50. The van der Waals surface area contributed by atoms with Gasteiger partial charge in [0.2, 0.25) is 21.1 Å². The van der Waals surface area contributed by atoms with E-state index in [9.17, 15) is 31.2 Å². The van der Waals surface area contributed by atoms with E-state index in [1.807, 2.05) is 0 Å². The molecule has 1 heterocycles. The fraction of sp³-hybridized carbons (Fsp3) is 0.200. The third-order valence-electron chi connectivity index (χ3n) is 4.22. The molecule has 0 aliphatic rings. The van der Waals surface area contributed by atoms with Crippen molar-refractivity contribution in [1.29, 1.82) is 0 Å². The van der Waals surface area contributed by atoms with Gasteiger partial charge in [-0.1, -0.05) is 23.1 Å². The summed E-state index contributed by atoms with van der Waals surface area (Å²) in [6.07, 6.45) is -4.80. The molecule has 0 aliphatic carbocycles. The van der Waals surface area contributed by atoms with Gasteiger partial charge in [-0.25, -0.2) is 12.7 Å². The lowest BCUT2D eigenvalue weighted by molar-refractivity contribution is -0.274. The van der Waals surface area contributed by atoms with Gasteiger partial charge in [0.25, 0.3) is 5.91 Å². The second-order valence-corrected chi connectivity index (χ2v) is 11.4. The molecule has 16 heteroatoms. The molecular weight excluding hydrogens is 543 g/mol. The fourth-order valence-corrected chi connectivity index (χ4v) is 4.99. The molecule has 192 valence electrons. The number of thioether (sulfide) groups is 1. The van der Waals surface area contributed by atoms with E-state index in [-0.39, 0.29) is 27.0 Å². The van der Waals surface area contributed by atoms with Gasteiger partial charge in [-0.05, 0) is 48.5 Å². The Bertz CT molecular complexity index is 1330. The minimum Gasteiger partial charge on any atom is -0.406 e. The van der Waals surface area contributed by atoms with E-state index in [1.165, 1.54) is 50.5 Å². The van der Waals surface area contributed by atoms with Gasteiger partial charge in [-0.15, -0.1) is 23.4 Å². The van der Waals surface area contributed by atoms with Crippen LogP contribution in [0.15, 0.2) is 57.8 Å². The van der Waals surface area contributed by atoms with Crippen LogP contribution in [0.3, 0.4) is 0 Å². The summed E-state index contributed by atoms with van der Waals surface area (Å²) in [5.74, 6) is -1.43. The number of nitrogens with zero attached hydrogens (tertiary/aromatic N) is 3. The third-order valence-corrected chi connectivity index (χ3v) is 8.02. The van der Waals surface area contributed by atoms with Crippen molar-refractivity contribution in [2.45, 2.75) is 15.6 Å². The van der Waals surface area contributed by atoms with E-state index < -0.39 is 33.9 Å². The van der Waals surface area contributed by atoms with E-state index >= 15 is 0 Å². The van der Waals surface area contributed by atoms with Gasteiger partial charge >= 0.3 is 6.36 Å². The molecule has 0 saturated carbocycles. The number of benzene rings is 2. The van der Waals surface area contributed by atoms with Crippen molar-refractivity contribution in [3.8, 4) is 5.75 Å². The van der Waals surface area contributed by atoms with Crippen molar-refractivity contribution in [2.75, 3.05) is 30.5 Å². The average Bonchev–Trinajstić information content (AvgIpc) is 3.25. The molecule has 0 spiro atoms. The number of amides is 2. The summed E-state index contributed by atoms with van der Waals surface area (Å²) < 4.78 is 66.0. The van der Waals surface area contributed by atoms with Crippen LogP contribution >= 0.6 is 23.1 Å². The second kappa shape index (κ2) is 11.2. The van der Waals surface area contributed by atoms with E-state index in [4.69, 9.17) is 0 Å². The SMILES string of the molecule is CN(C)S(=O)(=O)c1ccc(C(=O)Nc2nnc(SCC(=O)Nc3ccc(OC(F)(F)F)cc3)s2)cc1. The molecule has 10 nitrogen and oxygen atoms in total. The predicted molar refractivity (Wildman–Crippen MR) is 128 cm³/mol. The van der Waals surface area contributed by atoms with Crippen molar-refractivity contribution >= 4 is 55.8 Å². The summed E-state index contributed by atoms with van der Waals surface area (Å²) in [7, 11) is -0.814. The highest BCUT2D eigenvalue weighted by atomic mass is 32.2. The molecule has 3 aromatic rings. The van der Waals surface area contributed by atoms with E-state index in [0.717, 1.165) is 39.5 Å². The van der Waals surface area contributed by atoms with Crippen molar-refractivity contribution in [3.05, 3.63) is 54.1 Å². The lowest BCUT2D eigenvalue weighted by Gasteiger charge is -2.11. The van der Waals surface area contributed by atoms with Crippen molar-refractivity contribution < 1.29 is 35.9 Å². The number of alkyl halides is 3. The number of nitrogens with one attached hydrogen (secondary N) is 2. The Kier molecular flexibility index (Phi) is 8.55. The first-order valence-electron chi connectivity index (χ1n) is 9.79. The monoisotopic (exact) mass is 561 g/mol. The molecule has 0 atom stereocenters. The van der Waals surface area contributed by atoms with Crippen LogP contribution in [0.2, 0.25) is 0 Å². The Hall–Kier alpha value is -3.21. The molecule has 2 aromatic carbocycles. The third kappa shape index (κ3) is 7.64. The number of anilines is 2. The highest BCUT2D eigenvalue weighted by molar-refractivity contribution is 8.01. The fourth-order valence-electron chi connectivity index (χ4n) is 2.54. The lowest BCUT2D eigenvalue weighted by atomic mass is 10.2. The standard InChI is InChI=1S/C20H18F3N5O5S3/c1-28(2)36(31,32)15-9-3-12(4-10-15)17(30)25-18-26-27-19(35-18)34-11-16(29)24-13-5-7-14(8-6-13)33-20(21,22)23/h3-10H,11H2,1-2H3,(H,24,29)(H,25,26,30). The summed E-state index contributed by atoms with van der Waals surface area (Å²) >= 11 is 2.07. The van der Waals surface area contributed by atoms with Crippen LogP contribution in [0.4, 0.5) is 24.0 Å². The number of aromatic nitrogens is 2. The van der Waals surface area contributed by atoms with Gasteiger partial charge in [0, 0.05) is 25.3 Å². The van der Waals surface area contributed by atoms with Crippen LogP contribution < -0.4 is 15.4 Å². The molecule has 0 unspecified atom stereocenters. The molecule has 1 aromatic heterocycles. The van der Waals surface area contributed by atoms with Gasteiger partial charge in [0.05, 0.1) is 10.6 Å². The largest absolute Gasteiger partial charge is 0.573 e. The summed E-state index contributed by atoms with van der Waals surface area (Å²) in [5, 5.41) is 13.0. The second-order valence-electron chi connectivity index (χ2n) is 7.05. The summed E-state index contributed by atoms with van der Waals surface area (Å²) in [4.78, 5) is 24.6. The van der Waals surface area contributed by atoms with Crippen molar-refractivity contribution in [1.82, 2.24) is 14.5 Å². The van der Waals surface area contributed by atoms with Crippen LogP contribution in [0, 0.1) is 0 Å². The van der Waals surface area contributed by atoms with Gasteiger partial charge in [0.1, 0.15) is 5.75 Å². The first-order valence-corrected chi connectivity index (χ1v) is 13.0. The molecule has 0 radical (unpaired) electrons. The first-order chi connectivity index (χ1) is 16.8. The highest BCUT2D eigenvalue weighted by Crippen LogP contribution is 2.27. The topological polar surface area (TPSA) is 131 Å². The predicted octanol–water partition coefficient (Wildman–Crippen LogP) is 3.67. The van der Waals surface area contributed by atoms with Crippen molar-refractivity contribution in [3.63, 3.8) is 0 Å². The van der Waals surface area contributed by atoms with E-state index in [1.54, 1.807) is 0 Å². The maximum Gasteiger partial charge on any atom is 0.573 e. The van der Waals surface area contributed by atoms with Gasteiger partial charge in [-0.2, -0.15) is 0 Å². The first kappa shape index (κ1) is 27.4. The highest BCUT2D eigenvalue weighted by Gasteiger charge is 2.31. The maximum atomic E-state index is 12.4. The minimum absolute atomic E-state index is 0.0440. The number of sulfonamides is 1. The number of carbonyl (C=O) groups is 2. The Morgan fingerprint density at radius 2 is 1.67 bits per heavy atom. The smallest absolute Gasteiger partial charge is 0.406 e. The number of hydrogen-bond acceptors (Lipinski definition) is 9. The quantitative estimate of drug-likeness (QED) is 0.299. The average molecular weight is 562 g/mol. The van der Waals surface area contributed by atoms with Crippen LogP contribution in [0.25, 0.3) is 0 Å². The number of hydrogen-bond donors (Lipinski definition) is 2. The molecular formula is C20H18F3N5O5S3. The van der Waals surface area contributed by atoms with E-state index in [0.29, 0.717) is 4.34 Å². The summed E-state index contributed by atoms with van der Waals surface area (Å²) in [6.45, 7) is 0. The molecule has 36 heavy (non-hydrogen) atoms. The van der Waals surface area contributed by atoms with Gasteiger partial charge in [-0.3, -0.25) is 14.9 Å².